The van der Waals surface area contributed by atoms with Gasteiger partial charge in [-0.05, 0) is 43.5 Å². The van der Waals surface area contributed by atoms with E-state index in [2.05, 4.69) is 4.99 Å². The minimum Gasteiger partial charge on any atom is -0.493 e. The summed E-state index contributed by atoms with van der Waals surface area (Å²) in [6, 6.07) is 9.68. The van der Waals surface area contributed by atoms with Crippen LogP contribution in [0.1, 0.15) is 20.3 Å². The SMILES string of the molecule is COc1ccc2cc(N=C(C)CC(C)=O)ccc2c1OC. The Morgan fingerprint density at radius 3 is 2.48 bits per heavy atom. The number of Topliss-reactive ketones (excluding diaryl/α,β-unsaturated/α-hetero) is 1. The molecule has 4 heteroatoms. The van der Waals surface area contributed by atoms with Crippen molar-refractivity contribution in [3.8, 4) is 11.5 Å². The molecule has 21 heavy (non-hydrogen) atoms. The minimum absolute atomic E-state index is 0.114. The number of fused-ring (bicyclic) bond motifs is 1. The Bertz CT molecular complexity index is 704. The molecule has 0 aliphatic carbocycles. The van der Waals surface area contributed by atoms with Gasteiger partial charge in [-0.3, -0.25) is 9.79 Å². The fourth-order valence-electron chi connectivity index (χ4n) is 2.33. The predicted octanol–water partition coefficient (Wildman–Crippen LogP) is 3.93. The molecule has 0 fully saturated rings. The number of hydrogen-bond acceptors (Lipinski definition) is 4. The monoisotopic (exact) mass is 285 g/mol. The van der Waals surface area contributed by atoms with Crippen molar-refractivity contribution in [3.63, 3.8) is 0 Å². The van der Waals surface area contributed by atoms with E-state index in [-0.39, 0.29) is 5.78 Å². The molecule has 0 saturated carbocycles. The number of carbonyl (C=O) groups is 1. The molecule has 0 spiro atoms. The van der Waals surface area contributed by atoms with Crippen LogP contribution in [0, 0.1) is 0 Å². The first kappa shape index (κ1) is 15.0. The molecule has 0 N–H and O–H groups in total. The molecule has 0 bridgehead atoms. The van der Waals surface area contributed by atoms with E-state index in [9.17, 15) is 4.79 Å². The van der Waals surface area contributed by atoms with Crippen LogP contribution in [0.25, 0.3) is 10.8 Å². The van der Waals surface area contributed by atoms with Gasteiger partial charge in [0.1, 0.15) is 5.78 Å². The van der Waals surface area contributed by atoms with Gasteiger partial charge in [0.05, 0.1) is 19.9 Å². The van der Waals surface area contributed by atoms with Gasteiger partial charge in [-0.15, -0.1) is 0 Å². The van der Waals surface area contributed by atoms with E-state index in [1.54, 1.807) is 21.1 Å². The lowest BCUT2D eigenvalue weighted by Crippen LogP contribution is -1.99. The van der Waals surface area contributed by atoms with Crippen molar-refractivity contribution >= 4 is 28.0 Å². The largest absolute Gasteiger partial charge is 0.493 e. The van der Waals surface area contributed by atoms with Crippen molar-refractivity contribution in [2.75, 3.05) is 14.2 Å². The molecular formula is C17H19NO3. The Morgan fingerprint density at radius 2 is 1.86 bits per heavy atom. The first-order valence-corrected chi connectivity index (χ1v) is 6.73. The third-order valence-electron chi connectivity index (χ3n) is 3.17. The van der Waals surface area contributed by atoms with Gasteiger partial charge in [-0.2, -0.15) is 0 Å². The van der Waals surface area contributed by atoms with Gasteiger partial charge in [0.2, 0.25) is 0 Å². The number of nitrogens with zero attached hydrogens (tertiary/aromatic N) is 1. The highest BCUT2D eigenvalue weighted by Crippen LogP contribution is 2.36. The van der Waals surface area contributed by atoms with E-state index >= 15 is 0 Å². The van der Waals surface area contributed by atoms with Crippen molar-refractivity contribution < 1.29 is 14.3 Å². The van der Waals surface area contributed by atoms with Gasteiger partial charge in [0.15, 0.2) is 11.5 Å². The standard InChI is InChI=1S/C17H19NO3/c1-11(9-12(2)19)18-14-6-7-15-13(10-14)5-8-16(20-3)17(15)21-4/h5-8,10H,9H2,1-4H3. The Balaban J connectivity index is 2.46. The van der Waals surface area contributed by atoms with Gasteiger partial charge >= 0.3 is 0 Å². The number of ketones is 1. The Kier molecular flexibility index (Phi) is 4.58. The molecule has 0 amide bonds. The van der Waals surface area contributed by atoms with Crippen LogP contribution in [0.2, 0.25) is 0 Å². The molecule has 0 saturated heterocycles. The maximum atomic E-state index is 11.1. The number of benzene rings is 2. The lowest BCUT2D eigenvalue weighted by Gasteiger charge is -2.11. The Hall–Kier alpha value is -2.36. The molecule has 0 heterocycles. The molecule has 2 rings (SSSR count). The average molecular weight is 285 g/mol. The molecule has 0 radical (unpaired) electrons. The van der Waals surface area contributed by atoms with Crippen molar-refractivity contribution in [1.29, 1.82) is 0 Å². The van der Waals surface area contributed by atoms with E-state index < -0.39 is 0 Å². The molecule has 2 aromatic rings. The number of carbonyl (C=O) groups excluding carboxylic acids is 1. The molecule has 0 aromatic heterocycles. The normalized spacial score (nSPS) is 11.5. The summed E-state index contributed by atoms with van der Waals surface area (Å²) in [5, 5.41) is 1.99. The van der Waals surface area contributed by atoms with Gasteiger partial charge in [-0.25, -0.2) is 0 Å². The van der Waals surface area contributed by atoms with Crippen molar-refractivity contribution in [2.45, 2.75) is 20.3 Å². The lowest BCUT2D eigenvalue weighted by atomic mass is 10.1. The second-order valence-electron chi connectivity index (χ2n) is 4.93. The zero-order valence-electron chi connectivity index (χ0n) is 12.8. The van der Waals surface area contributed by atoms with Crippen LogP contribution in [-0.4, -0.2) is 25.7 Å². The Labute approximate surface area is 124 Å². The number of rotatable bonds is 5. The third-order valence-corrected chi connectivity index (χ3v) is 3.17. The fraction of sp³-hybridized carbons (Fsp3) is 0.294. The van der Waals surface area contributed by atoms with Crippen molar-refractivity contribution in [2.24, 2.45) is 4.99 Å². The van der Waals surface area contributed by atoms with Gasteiger partial charge in [0, 0.05) is 17.5 Å². The van der Waals surface area contributed by atoms with E-state index in [4.69, 9.17) is 9.47 Å². The zero-order valence-corrected chi connectivity index (χ0v) is 12.8. The maximum absolute atomic E-state index is 11.1. The zero-order chi connectivity index (χ0) is 15.4. The van der Waals surface area contributed by atoms with Crippen LogP contribution in [0.4, 0.5) is 5.69 Å². The summed E-state index contributed by atoms with van der Waals surface area (Å²) >= 11 is 0. The van der Waals surface area contributed by atoms with Gasteiger partial charge < -0.3 is 9.47 Å². The summed E-state index contributed by atoms with van der Waals surface area (Å²) in [7, 11) is 3.24. The highest BCUT2D eigenvalue weighted by Gasteiger charge is 2.09. The van der Waals surface area contributed by atoms with Crippen LogP contribution < -0.4 is 9.47 Å². The maximum Gasteiger partial charge on any atom is 0.168 e. The summed E-state index contributed by atoms with van der Waals surface area (Å²) in [5.74, 6) is 1.53. The van der Waals surface area contributed by atoms with E-state index in [0.29, 0.717) is 17.9 Å². The number of ether oxygens (including phenoxy) is 2. The summed E-state index contributed by atoms with van der Waals surface area (Å²) in [5.41, 5.74) is 1.63. The number of hydrogen-bond donors (Lipinski definition) is 0. The second kappa shape index (κ2) is 6.39. The topological polar surface area (TPSA) is 47.9 Å². The van der Waals surface area contributed by atoms with Gasteiger partial charge in [-0.1, -0.05) is 6.07 Å². The molecular weight excluding hydrogens is 266 g/mol. The molecule has 0 atom stereocenters. The third kappa shape index (κ3) is 3.40. The Morgan fingerprint density at radius 1 is 1.10 bits per heavy atom. The van der Waals surface area contributed by atoms with E-state index in [1.165, 1.54) is 0 Å². The second-order valence-corrected chi connectivity index (χ2v) is 4.93. The molecule has 4 nitrogen and oxygen atoms in total. The van der Waals surface area contributed by atoms with Crippen LogP contribution >= 0.6 is 0 Å². The molecule has 110 valence electrons. The van der Waals surface area contributed by atoms with E-state index in [0.717, 1.165) is 22.2 Å². The summed E-state index contributed by atoms with van der Waals surface area (Å²) in [6.07, 6.45) is 0.379. The van der Waals surface area contributed by atoms with Crippen LogP contribution in [0.15, 0.2) is 35.3 Å². The lowest BCUT2D eigenvalue weighted by molar-refractivity contribution is -0.115. The molecule has 0 unspecified atom stereocenters. The average Bonchev–Trinajstić information content (AvgIpc) is 2.44. The highest BCUT2D eigenvalue weighted by molar-refractivity contribution is 6.01. The first-order valence-electron chi connectivity index (χ1n) is 6.73. The summed E-state index contributed by atoms with van der Waals surface area (Å²) in [6.45, 7) is 3.43. The number of methoxy groups -OCH3 is 2. The minimum atomic E-state index is 0.114. The van der Waals surface area contributed by atoms with E-state index in [1.807, 2.05) is 37.3 Å². The highest BCUT2D eigenvalue weighted by atomic mass is 16.5. The summed E-state index contributed by atoms with van der Waals surface area (Å²) < 4.78 is 10.7. The summed E-state index contributed by atoms with van der Waals surface area (Å²) in [4.78, 5) is 15.6. The first-order chi connectivity index (χ1) is 10.0. The number of aliphatic imine (C=N–C) groups is 1. The van der Waals surface area contributed by atoms with Crippen LogP contribution in [-0.2, 0) is 4.79 Å². The molecule has 0 aliphatic heterocycles. The van der Waals surface area contributed by atoms with Crippen LogP contribution in [0.3, 0.4) is 0 Å². The smallest absolute Gasteiger partial charge is 0.168 e. The van der Waals surface area contributed by atoms with Crippen molar-refractivity contribution in [3.05, 3.63) is 30.3 Å². The fourth-order valence-corrected chi connectivity index (χ4v) is 2.33. The van der Waals surface area contributed by atoms with Crippen molar-refractivity contribution in [1.82, 2.24) is 0 Å². The van der Waals surface area contributed by atoms with Crippen LogP contribution in [0.5, 0.6) is 11.5 Å². The molecule has 2 aromatic carbocycles. The molecule has 0 aliphatic rings. The quantitative estimate of drug-likeness (QED) is 0.782. The van der Waals surface area contributed by atoms with Gasteiger partial charge in [0.25, 0.3) is 0 Å². The predicted molar refractivity (Wildman–Crippen MR) is 85.1 cm³/mol.